The third-order valence-corrected chi connectivity index (χ3v) is 3.49. The standard InChI is InChI=1S/C18H19NO4/c1-2-23-17-11-9-15(18(13-17)19(21)22)12-16(20)10-8-14-6-4-3-5-7-14/h3-7,9,11,13H,2,8,10,12H2,1H3. The lowest BCUT2D eigenvalue weighted by Gasteiger charge is -2.06. The Kier molecular flexibility index (Phi) is 5.86. The summed E-state index contributed by atoms with van der Waals surface area (Å²) in [6.07, 6.45) is 1.08. The average molecular weight is 313 g/mol. The van der Waals surface area contributed by atoms with Gasteiger partial charge in [-0.05, 0) is 31.0 Å². The van der Waals surface area contributed by atoms with E-state index < -0.39 is 4.92 Å². The SMILES string of the molecule is CCOc1ccc(CC(=O)CCc2ccccc2)c([N+](=O)[O-])c1. The smallest absolute Gasteiger partial charge is 0.276 e. The van der Waals surface area contributed by atoms with Gasteiger partial charge in [-0.3, -0.25) is 14.9 Å². The topological polar surface area (TPSA) is 69.4 Å². The van der Waals surface area contributed by atoms with Crippen molar-refractivity contribution in [2.24, 2.45) is 0 Å². The first-order valence-corrected chi connectivity index (χ1v) is 7.56. The fourth-order valence-electron chi connectivity index (χ4n) is 2.35. The molecule has 0 aromatic heterocycles. The number of ether oxygens (including phenoxy) is 1. The number of carbonyl (C=O) groups excluding carboxylic acids is 1. The van der Waals surface area contributed by atoms with Crippen LogP contribution in [0.25, 0.3) is 0 Å². The Balaban J connectivity index is 2.03. The number of benzene rings is 2. The Labute approximate surface area is 135 Å². The Bertz CT molecular complexity index is 683. The molecular formula is C18H19NO4. The molecule has 0 radical (unpaired) electrons. The summed E-state index contributed by atoms with van der Waals surface area (Å²) in [5, 5.41) is 11.2. The van der Waals surface area contributed by atoms with E-state index in [1.165, 1.54) is 6.07 Å². The summed E-state index contributed by atoms with van der Waals surface area (Å²) in [4.78, 5) is 22.8. The first-order valence-electron chi connectivity index (χ1n) is 7.56. The van der Waals surface area contributed by atoms with Crippen LogP contribution in [0.5, 0.6) is 5.75 Å². The van der Waals surface area contributed by atoms with Crippen LogP contribution in [0.2, 0.25) is 0 Å². The highest BCUT2D eigenvalue weighted by molar-refractivity contribution is 5.82. The summed E-state index contributed by atoms with van der Waals surface area (Å²) in [6, 6.07) is 14.4. The molecule has 0 saturated carbocycles. The van der Waals surface area contributed by atoms with Gasteiger partial charge in [-0.2, -0.15) is 0 Å². The number of carbonyl (C=O) groups is 1. The molecule has 23 heavy (non-hydrogen) atoms. The van der Waals surface area contributed by atoms with Crippen LogP contribution in [-0.2, 0) is 17.6 Å². The molecule has 5 nitrogen and oxygen atoms in total. The molecule has 0 aliphatic heterocycles. The van der Waals surface area contributed by atoms with E-state index in [1.54, 1.807) is 12.1 Å². The number of nitrogens with zero attached hydrogens (tertiary/aromatic N) is 1. The zero-order chi connectivity index (χ0) is 16.7. The van der Waals surface area contributed by atoms with Gasteiger partial charge in [0.15, 0.2) is 0 Å². The Morgan fingerprint density at radius 1 is 1.17 bits per heavy atom. The summed E-state index contributed by atoms with van der Waals surface area (Å²) in [6.45, 7) is 2.25. The molecule has 0 saturated heterocycles. The second kappa shape index (κ2) is 8.08. The number of nitro benzene ring substituents is 1. The summed E-state index contributed by atoms with van der Waals surface area (Å²) < 4.78 is 5.27. The van der Waals surface area contributed by atoms with Crippen molar-refractivity contribution in [3.05, 3.63) is 69.8 Å². The molecule has 0 fully saturated rings. The summed E-state index contributed by atoms with van der Waals surface area (Å²) in [5.74, 6) is 0.431. The molecule has 120 valence electrons. The third kappa shape index (κ3) is 4.92. The van der Waals surface area contributed by atoms with Crippen molar-refractivity contribution in [3.8, 4) is 5.75 Å². The number of ketones is 1. The van der Waals surface area contributed by atoms with E-state index >= 15 is 0 Å². The van der Waals surface area contributed by atoms with Gasteiger partial charge in [0, 0.05) is 18.4 Å². The minimum atomic E-state index is -0.470. The highest BCUT2D eigenvalue weighted by Crippen LogP contribution is 2.25. The van der Waals surface area contributed by atoms with Gasteiger partial charge in [-0.15, -0.1) is 0 Å². The minimum absolute atomic E-state index is 0.0129. The fourth-order valence-corrected chi connectivity index (χ4v) is 2.35. The second-order valence-corrected chi connectivity index (χ2v) is 5.18. The largest absolute Gasteiger partial charge is 0.494 e. The average Bonchev–Trinajstić information content (AvgIpc) is 2.55. The maximum absolute atomic E-state index is 12.1. The van der Waals surface area contributed by atoms with E-state index in [9.17, 15) is 14.9 Å². The molecule has 0 unspecified atom stereocenters. The predicted octanol–water partition coefficient (Wildman–Crippen LogP) is 3.74. The summed E-state index contributed by atoms with van der Waals surface area (Å²) in [7, 11) is 0. The summed E-state index contributed by atoms with van der Waals surface area (Å²) in [5.41, 5.74) is 1.45. The first kappa shape index (κ1) is 16.7. The van der Waals surface area contributed by atoms with E-state index in [2.05, 4.69) is 0 Å². The quantitative estimate of drug-likeness (QED) is 0.550. The van der Waals surface area contributed by atoms with Crippen molar-refractivity contribution in [2.75, 3.05) is 6.61 Å². The van der Waals surface area contributed by atoms with Gasteiger partial charge in [0.1, 0.15) is 11.5 Å². The van der Waals surface area contributed by atoms with E-state index in [0.29, 0.717) is 30.8 Å². The number of nitro groups is 1. The first-order chi connectivity index (χ1) is 11.1. The Morgan fingerprint density at radius 2 is 1.91 bits per heavy atom. The zero-order valence-corrected chi connectivity index (χ0v) is 13.0. The maximum atomic E-state index is 12.1. The van der Waals surface area contributed by atoms with Crippen LogP contribution in [0, 0.1) is 10.1 Å². The molecule has 0 aliphatic carbocycles. The predicted molar refractivity (Wildman–Crippen MR) is 87.7 cm³/mol. The van der Waals surface area contributed by atoms with Crippen LogP contribution in [0.4, 0.5) is 5.69 Å². The second-order valence-electron chi connectivity index (χ2n) is 5.18. The van der Waals surface area contributed by atoms with E-state index in [-0.39, 0.29) is 17.9 Å². The molecule has 0 spiro atoms. The lowest BCUT2D eigenvalue weighted by Crippen LogP contribution is -2.07. The minimum Gasteiger partial charge on any atom is -0.494 e. The number of Topliss-reactive ketones (excluding diaryl/α,β-unsaturated/α-hetero) is 1. The lowest BCUT2D eigenvalue weighted by molar-refractivity contribution is -0.385. The fraction of sp³-hybridized carbons (Fsp3) is 0.278. The molecule has 0 atom stereocenters. The molecule has 0 bridgehead atoms. The van der Waals surface area contributed by atoms with Gasteiger partial charge in [-0.25, -0.2) is 0 Å². The lowest BCUT2D eigenvalue weighted by atomic mass is 10.0. The molecule has 0 amide bonds. The van der Waals surface area contributed by atoms with Crippen LogP contribution in [-0.4, -0.2) is 17.3 Å². The number of rotatable bonds is 8. The van der Waals surface area contributed by atoms with E-state index in [4.69, 9.17) is 4.74 Å². The van der Waals surface area contributed by atoms with Crippen LogP contribution in [0.1, 0.15) is 24.5 Å². The zero-order valence-electron chi connectivity index (χ0n) is 13.0. The van der Waals surface area contributed by atoms with Crippen molar-refractivity contribution in [3.63, 3.8) is 0 Å². The van der Waals surface area contributed by atoms with Crippen LogP contribution < -0.4 is 4.74 Å². The van der Waals surface area contributed by atoms with E-state index in [0.717, 1.165) is 5.56 Å². The van der Waals surface area contributed by atoms with Gasteiger partial charge in [0.05, 0.1) is 17.6 Å². The maximum Gasteiger partial charge on any atom is 0.276 e. The van der Waals surface area contributed by atoms with Gasteiger partial charge >= 0.3 is 0 Å². The van der Waals surface area contributed by atoms with Crippen LogP contribution >= 0.6 is 0 Å². The van der Waals surface area contributed by atoms with Crippen molar-refractivity contribution in [2.45, 2.75) is 26.2 Å². The number of hydrogen-bond acceptors (Lipinski definition) is 4. The van der Waals surface area contributed by atoms with E-state index in [1.807, 2.05) is 37.3 Å². The van der Waals surface area contributed by atoms with Gasteiger partial charge in [0.2, 0.25) is 0 Å². The Hall–Kier alpha value is -2.69. The monoisotopic (exact) mass is 313 g/mol. The molecule has 2 aromatic rings. The molecule has 0 aliphatic rings. The Morgan fingerprint density at radius 3 is 2.57 bits per heavy atom. The molecule has 2 aromatic carbocycles. The molecule has 0 N–H and O–H groups in total. The van der Waals surface area contributed by atoms with Gasteiger partial charge in [0.25, 0.3) is 5.69 Å². The summed E-state index contributed by atoms with van der Waals surface area (Å²) >= 11 is 0. The highest BCUT2D eigenvalue weighted by Gasteiger charge is 2.17. The normalized spacial score (nSPS) is 10.3. The van der Waals surface area contributed by atoms with Gasteiger partial charge < -0.3 is 4.74 Å². The van der Waals surface area contributed by atoms with Crippen molar-refractivity contribution >= 4 is 11.5 Å². The van der Waals surface area contributed by atoms with Crippen LogP contribution in [0.3, 0.4) is 0 Å². The number of aryl methyl sites for hydroxylation is 1. The van der Waals surface area contributed by atoms with Gasteiger partial charge in [-0.1, -0.05) is 30.3 Å². The highest BCUT2D eigenvalue weighted by atomic mass is 16.6. The van der Waals surface area contributed by atoms with Crippen molar-refractivity contribution < 1.29 is 14.5 Å². The third-order valence-electron chi connectivity index (χ3n) is 3.49. The van der Waals surface area contributed by atoms with Crippen molar-refractivity contribution in [1.82, 2.24) is 0 Å². The number of hydrogen-bond donors (Lipinski definition) is 0. The molecule has 2 rings (SSSR count). The van der Waals surface area contributed by atoms with Crippen LogP contribution in [0.15, 0.2) is 48.5 Å². The molecular weight excluding hydrogens is 294 g/mol. The molecule has 5 heteroatoms. The molecule has 0 heterocycles. The van der Waals surface area contributed by atoms with Crippen molar-refractivity contribution in [1.29, 1.82) is 0 Å².